The van der Waals surface area contributed by atoms with Crippen molar-refractivity contribution in [3.05, 3.63) is 28.5 Å². The van der Waals surface area contributed by atoms with Crippen molar-refractivity contribution < 1.29 is 14.6 Å². The second-order valence-corrected chi connectivity index (χ2v) is 4.58. The van der Waals surface area contributed by atoms with Crippen molar-refractivity contribution in [2.75, 3.05) is 0 Å². The Hall–Kier alpha value is -0.940. The first-order valence-electron chi connectivity index (χ1n) is 5.16. The highest BCUT2D eigenvalue weighted by Gasteiger charge is 2.40. The minimum Gasteiger partial charge on any atom is -0.481 e. The van der Waals surface area contributed by atoms with Gasteiger partial charge in [0.1, 0.15) is 10.7 Å². The molecule has 1 saturated heterocycles. The maximum absolute atomic E-state index is 10.3. The molecule has 1 aromatic rings. The Balaban J connectivity index is 1.80. The maximum Gasteiger partial charge on any atom is 0.303 e. The van der Waals surface area contributed by atoms with Crippen molar-refractivity contribution >= 4 is 21.9 Å². The monoisotopic (exact) mass is 285 g/mol. The number of pyridine rings is 1. The van der Waals surface area contributed by atoms with E-state index in [1.54, 1.807) is 0 Å². The molecule has 1 N–H and O–H groups in total. The van der Waals surface area contributed by atoms with Gasteiger partial charge >= 0.3 is 5.97 Å². The average molecular weight is 286 g/mol. The number of hydrogen-bond acceptors (Lipinski definition) is 3. The van der Waals surface area contributed by atoms with Crippen molar-refractivity contribution in [1.29, 1.82) is 0 Å². The SMILES string of the molecule is O=C(O)CCCC1OC1c1cccc(Br)n1. The van der Waals surface area contributed by atoms with E-state index in [0.717, 1.165) is 16.7 Å². The highest BCUT2D eigenvalue weighted by atomic mass is 79.9. The zero-order valence-corrected chi connectivity index (χ0v) is 10.2. The summed E-state index contributed by atoms with van der Waals surface area (Å²) in [5.74, 6) is -0.752. The smallest absolute Gasteiger partial charge is 0.303 e. The molecular formula is C11H12BrNO3. The zero-order valence-electron chi connectivity index (χ0n) is 8.60. The van der Waals surface area contributed by atoms with Crippen LogP contribution in [0.4, 0.5) is 0 Å². The van der Waals surface area contributed by atoms with Crippen LogP contribution in [0, 0.1) is 0 Å². The maximum atomic E-state index is 10.3. The van der Waals surface area contributed by atoms with E-state index < -0.39 is 5.97 Å². The topological polar surface area (TPSA) is 62.7 Å². The molecule has 86 valence electrons. The van der Waals surface area contributed by atoms with Gasteiger partial charge < -0.3 is 9.84 Å². The van der Waals surface area contributed by atoms with Crippen LogP contribution >= 0.6 is 15.9 Å². The van der Waals surface area contributed by atoms with Gasteiger partial charge in [-0.15, -0.1) is 0 Å². The van der Waals surface area contributed by atoms with Crippen LogP contribution in [0.3, 0.4) is 0 Å². The minimum atomic E-state index is -0.752. The largest absolute Gasteiger partial charge is 0.481 e. The first kappa shape index (κ1) is 11.5. The lowest BCUT2D eigenvalue weighted by molar-refractivity contribution is -0.137. The van der Waals surface area contributed by atoms with Gasteiger partial charge in [0.2, 0.25) is 0 Å². The number of aromatic nitrogens is 1. The number of ether oxygens (including phenoxy) is 1. The summed E-state index contributed by atoms with van der Waals surface area (Å²) < 4.78 is 6.26. The Bertz CT molecular complexity index is 397. The molecule has 1 aromatic heterocycles. The molecule has 2 unspecified atom stereocenters. The highest BCUT2D eigenvalue weighted by molar-refractivity contribution is 9.10. The molecule has 2 heterocycles. The summed E-state index contributed by atoms with van der Waals surface area (Å²) in [5, 5.41) is 8.51. The predicted octanol–water partition coefficient (Wildman–Crippen LogP) is 2.54. The minimum absolute atomic E-state index is 0.0475. The van der Waals surface area contributed by atoms with Crippen LogP contribution in [0.1, 0.15) is 31.1 Å². The quantitative estimate of drug-likeness (QED) is 0.667. The van der Waals surface area contributed by atoms with Gasteiger partial charge in [-0.25, -0.2) is 4.98 Å². The summed E-state index contributed by atoms with van der Waals surface area (Å²) in [7, 11) is 0. The van der Waals surface area contributed by atoms with Crippen LogP contribution in [0.15, 0.2) is 22.8 Å². The molecule has 0 spiro atoms. The van der Waals surface area contributed by atoms with Crippen molar-refractivity contribution in [2.45, 2.75) is 31.5 Å². The third-order valence-electron chi connectivity index (χ3n) is 2.49. The van der Waals surface area contributed by atoms with E-state index in [0.29, 0.717) is 6.42 Å². The summed E-state index contributed by atoms with van der Waals surface area (Å²) in [5.41, 5.74) is 0.912. The highest BCUT2D eigenvalue weighted by Crippen LogP contribution is 2.40. The number of carboxylic acids is 1. The Labute approximate surface area is 102 Å². The summed E-state index contributed by atoms with van der Waals surface area (Å²) >= 11 is 3.31. The summed E-state index contributed by atoms with van der Waals surface area (Å²) in [6.07, 6.45) is 1.83. The molecule has 0 radical (unpaired) electrons. The lowest BCUT2D eigenvalue weighted by Gasteiger charge is -1.96. The third kappa shape index (κ3) is 3.02. The summed E-state index contributed by atoms with van der Waals surface area (Å²) in [6.45, 7) is 0. The molecule has 2 rings (SSSR count). The van der Waals surface area contributed by atoms with Gasteiger partial charge in [0.15, 0.2) is 0 Å². The van der Waals surface area contributed by atoms with Gasteiger partial charge in [-0.2, -0.15) is 0 Å². The lowest BCUT2D eigenvalue weighted by Crippen LogP contribution is -1.97. The van der Waals surface area contributed by atoms with Crippen LogP contribution in [0.2, 0.25) is 0 Å². The molecular weight excluding hydrogens is 274 g/mol. The number of rotatable bonds is 5. The number of hydrogen-bond donors (Lipinski definition) is 1. The molecule has 1 fully saturated rings. The normalized spacial score (nSPS) is 23.1. The molecule has 0 aliphatic carbocycles. The standard InChI is InChI=1S/C11H12BrNO3/c12-9-5-1-3-7(13-9)11-8(16-11)4-2-6-10(14)15/h1,3,5,8,11H,2,4,6H2,(H,14,15). The van der Waals surface area contributed by atoms with E-state index in [2.05, 4.69) is 20.9 Å². The van der Waals surface area contributed by atoms with E-state index >= 15 is 0 Å². The molecule has 0 bridgehead atoms. The molecule has 2 atom stereocenters. The number of halogens is 1. The van der Waals surface area contributed by atoms with E-state index in [-0.39, 0.29) is 18.6 Å². The molecule has 5 heteroatoms. The molecule has 0 saturated carbocycles. The van der Waals surface area contributed by atoms with Gasteiger partial charge in [0.25, 0.3) is 0 Å². The van der Waals surface area contributed by atoms with Crippen molar-refractivity contribution in [1.82, 2.24) is 4.98 Å². The van der Waals surface area contributed by atoms with Gasteiger partial charge in [0.05, 0.1) is 11.8 Å². The van der Waals surface area contributed by atoms with Gasteiger partial charge in [0, 0.05) is 6.42 Å². The third-order valence-corrected chi connectivity index (χ3v) is 2.93. The molecule has 0 amide bonds. The number of nitrogens with zero attached hydrogens (tertiary/aromatic N) is 1. The van der Waals surface area contributed by atoms with Crippen LogP contribution in [0.5, 0.6) is 0 Å². The number of aliphatic carboxylic acids is 1. The van der Waals surface area contributed by atoms with Crippen molar-refractivity contribution in [3.63, 3.8) is 0 Å². The number of carbonyl (C=O) groups is 1. The fourth-order valence-electron chi connectivity index (χ4n) is 1.66. The Morgan fingerprint density at radius 2 is 2.38 bits per heavy atom. The summed E-state index contributed by atoms with van der Waals surface area (Å²) in [4.78, 5) is 14.6. The van der Waals surface area contributed by atoms with Crippen LogP contribution in [-0.2, 0) is 9.53 Å². The Morgan fingerprint density at radius 1 is 1.56 bits per heavy atom. The van der Waals surface area contributed by atoms with E-state index in [4.69, 9.17) is 9.84 Å². The fraction of sp³-hybridized carbons (Fsp3) is 0.455. The van der Waals surface area contributed by atoms with Gasteiger partial charge in [-0.3, -0.25) is 4.79 Å². The second-order valence-electron chi connectivity index (χ2n) is 3.77. The van der Waals surface area contributed by atoms with E-state index in [1.165, 1.54) is 0 Å². The van der Waals surface area contributed by atoms with Crippen molar-refractivity contribution in [2.24, 2.45) is 0 Å². The predicted molar refractivity (Wildman–Crippen MR) is 61.0 cm³/mol. The Kier molecular flexibility index (Phi) is 3.56. The molecule has 1 aliphatic heterocycles. The number of carboxylic acid groups (broad SMARTS) is 1. The van der Waals surface area contributed by atoms with E-state index in [9.17, 15) is 4.79 Å². The lowest BCUT2D eigenvalue weighted by atomic mass is 10.1. The van der Waals surface area contributed by atoms with Crippen molar-refractivity contribution in [3.8, 4) is 0 Å². The molecule has 4 nitrogen and oxygen atoms in total. The fourth-order valence-corrected chi connectivity index (χ4v) is 2.02. The first-order valence-corrected chi connectivity index (χ1v) is 5.96. The van der Waals surface area contributed by atoms with Crippen LogP contribution in [-0.4, -0.2) is 22.2 Å². The molecule has 0 aromatic carbocycles. The van der Waals surface area contributed by atoms with Crippen LogP contribution < -0.4 is 0 Å². The number of epoxide rings is 1. The zero-order chi connectivity index (χ0) is 11.5. The Morgan fingerprint density at radius 3 is 3.06 bits per heavy atom. The van der Waals surface area contributed by atoms with E-state index in [1.807, 2.05) is 18.2 Å². The van der Waals surface area contributed by atoms with Crippen LogP contribution in [0.25, 0.3) is 0 Å². The first-order chi connectivity index (χ1) is 7.66. The molecule has 16 heavy (non-hydrogen) atoms. The molecule has 1 aliphatic rings. The van der Waals surface area contributed by atoms with Gasteiger partial charge in [-0.05, 0) is 40.9 Å². The van der Waals surface area contributed by atoms with Gasteiger partial charge in [-0.1, -0.05) is 6.07 Å². The second kappa shape index (κ2) is 4.93. The summed E-state index contributed by atoms with van der Waals surface area (Å²) in [6, 6.07) is 5.71. The average Bonchev–Trinajstić information content (AvgIpc) is 2.97.